The van der Waals surface area contributed by atoms with E-state index in [-0.39, 0.29) is 5.41 Å². The van der Waals surface area contributed by atoms with E-state index in [1.807, 2.05) is 0 Å². The van der Waals surface area contributed by atoms with Gasteiger partial charge in [-0.2, -0.15) is 0 Å². The lowest BCUT2D eigenvalue weighted by Gasteiger charge is -2.30. The van der Waals surface area contributed by atoms with Crippen molar-refractivity contribution in [2.24, 2.45) is 0 Å². The molecule has 55 heavy (non-hydrogen) atoms. The van der Waals surface area contributed by atoms with Crippen molar-refractivity contribution in [1.82, 2.24) is 0 Å². The molecular formula is C53H37NO. The first-order chi connectivity index (χ1) is 27.0. The fraction of sp³-hybridized carbons (Fsp3) is 0.0566. The molecule has 0 spiro atoms. The summed E-state index contributed by atoms with van der Waals surface area (Å²) in [5.74, 6) is 0. The lowest BCUT2D eigenvalue weighted by Crippen LogP contribution is -2.17. The Morgan fingerprint density at radius 1 is 0.418 bits per heavy atom. The van der Waals surface area contributed by atoms with Crippen molar-refractivity contribution in [2.75, 3.05) is 4.90 Å². The maximum Gasteiger partial charge on any atom is 0.143 e. The average Bonchev–Trinajstić information content (AvgIpc) is 3.73. The fourth-order valence-corrected chi connectivity index (χ4v) is 9.22. The number of para-hydroxylation sites is 1. The number of hydrogen-bond donors (Lipinski definition) is 0. The van der Waals surface area contributed by atoms with Crippen LogP contribution in [0.5, 0.6) is 0 Å². The fourth-order valence-electron chi connectivity index (χ4n) is 9.22. The summed E-state index contributed by atoms with van der Waals surface area (Å²) in [6.45, 7) is 4.71. The van der Waals surface area contributed by atoms with E-state index in [9.17, 15) is 0 Å². The summed E-state index contributed by atoms with van der Waals surface area (Å²) < 4.78 is 6.69. The van der Waals surface area contributed by atoms with E-state index in [4.69, 9.17) is 4.42 Å². The van der Waals surface area contributed by atoms with Gasteiger partial charge in [0.25, 0.3) is 0 Å². The highest BCUT2D eigenvalue weighted by atomic mass is 16.3. The summed E-state index contributed by atoms with van der Waals surface area (Å²) in [5, 5.41) is 7.05. The molecule has 0 unspecified atom stereocenters. The molecule has 9 aromatic carbocycles. The smallest absolute Gasteiger partial charge is 0.143 e. The third kappa shape index (κ3) is 4.81. The van der Waals surface area contributed by atoms with Crippen LogP contribution in [-0.2, 0) is 5.41 Å². The Balaban J connectivity index is 1.16. The monoisotopic (exact) mass is 703 g/mol. The van der Waals surface area contributed by atoms with Gasteiger partial charge in [-0.15, -0.1) is 0 Å². The SMILES string of the molecule is CC1(C)c2ccccc2-c2ccc(N(c3cccc(-c4cccc5ccccc45)c3)c3ccccc3-c3cccc4oc5c6ccccc6ccc5c34)cc21. The van der Waals surface area contributed by atoms with Gasteiger partial charge in [-0.25, -0.2) is 0 Å². The Kier molecular flexibility index (Phi) is 6.93. The number of nitrogens with zero attached hydrogens (tertiary/aromatic N) is 1. The lowest BCUT2D eigenvalue weighted by molar-refractivity contribution is 0.660. The summed E-state index contributed by atoms with van der Waals surface area (Å²) in [6.07, 6.45) is 0. The van der Waals surface area contributed by atoms with Crippen LogP contribution in [0.3, 0.4) is 0 Å². The Morgan fingerprint density at radius 3 is 1.95 bits per heavy atom. The first kappa shape index (κ1) is 31.6. The molecule has 0 amide bonds. The van der Waals surface area contributed by atoms with E-state index in [2.05, 4.69) is 207 Å². The molecule has 260 valence electrons. The quantitative estimate of drug-likeness (QED) is 0.177. The summed E-state index contributed by atoms with van der Waals surface area (Å²) in [7, 11) is 0. The highest BCUT2D eigenvalue weighted by molar-refractivity contribution is 6.19. The topological polar surface area (TPSA) is 16.4 Å². The van der Waals surface area contributed by atoms with Gasteiger partial charge in [0, 0.05) is 38.5 Å². The number of rotatable bonds is 5. The molecule has 1 heterocycles. The molecule has 0 atom stereocenters. The molecule has 10 aromatic rings. The summed E-state index contributed by atoms with van der Waals surface area (Å²) in [4.78, 5) is 2.46. The molecule has 0 N–H and O–H groups in total. The van der Waals surface area contributed by atoms with Gasteiger partial charge in [-0.1, -0.05) is 159 Å². The number of furan rings is 1. The zero-order valence-electron chi connectivity index (χ0n) is 30.8. The minimum atomic E-state index is -0.137. The van der Waals surface area contributed by atoms with Crippen LogP contribution in [0.25, 0.3) is 76.9 Å². The third-order valence-corrected chi connectivity index (χ3v) is 11.9. The van der Waals surface area contributed by atoms with Gasteiger partial charge in [0.2, 0.25) is 0 Å². The molecule has 0 bridgehead atoms. The largest absolute Gasteiger partial charge is 0.455 e. The van der Waals surface area contributed by atoms with Crippen molar-refractivity contribution >= 4 is 60.5 Å². The van der Waals surface area contributed by atoms with E-state index < -0.39 is 0 Å². The highest BCUT2D eigenvalue weighted by Crippen LogP contribution is 2.52. The second-order valence-corrected chi connectivity index (χ2v) is 15.3. The second-order valence-electron chi connectivity index (χ2n) is 15.3. The number of hydrogen-bond acceptors (Lipinski definition) is 2. The third-order valence-electron chi connectivity index (χ3n) is 11.9. The van der Waals surface area contributed by atoms with E-state index in [1.54, 1.807) is 0 Å². The van der Waals surface area contributed by atoms with E-state index in [1.165, 1.54) is 49.5 Å². The van der Waals surface area contributed by atoms with Gasteiger partial charge in [-0.3, -0.25) is 0 Å². The average molecular weight is 704 g/mol. The van der Waals surface area contributed by atoms with Crippen molar-refractivity contribution in [3.8, 4) is 33.4 Å². The van der Waals surface area contributed by atoms with E-state index >= 15 is 0 Å². The molecule has 1 aliphatic rings. The van der Waals surface area contributed by atoms with E-state index in [0.717, 1.165) is 55.5 Å². The van der Waals surface area contributed by atoms with Crippen LogP contribution in [-0.4, -0.2) is 0 Å². The van der Waals surface area contributed by atoms with Crippen LogP contribution in [0.4, 0.5) is 17.1 Å². The van der Waals surface area contributed by atoms with Gasteiger partial charge in [0.1, 0.15) is 11.2 Å². The van der Waals surface area contributed by atoms with Crippen molar-refractivity contribution in [3.63, 3.8) is 0 Å². The molecular weight excluding hydrogens is 667 g/mol. The van der Waals surface area contributed by atoms with Crippen molar-refractivity contribution in [3.05, 3.63) is 199 Å². The molecule has 0 fully saturated rings. The van der Waals surface area contributed by atoms with Crippen LogP contribution < -0.4 is 4.90 Å². The van der Waals surface area contributed by atoms with Crippen molar-refractivity contribution < 1.29 is 4.42 Å². The number of benzene rings is 9. The van der Waals surface area contributed by atoms with Gasteiger partial charge in [-0.05, 0) is 97.6 Å². The normalized spacial score (nSPS) is 13.1. The Bertz CT molecular complexity index is 3140. The summed E-state index contributed by atoms with van der Waals surface area (Å²) in [6, 6.07) is 68.5. The lowest BCUT2D eigenvalue weighted by atomic mass is 9.82. The predicted molar refractivity (Wildman–Crippen MR) is 232 cm³/mol. The van der Waals surface area contributed by atoms with Gasteiger partial charge in [0.05, 0.1) is 5.69 Å². The van der Waals surface area contributed by atoms with Crippen LogP contribution in [0, 0.1) is 0 Å². The zero-order valence-corrected chi connectivity index (χ0v) is 30.8. The van der Waals surface area contributed by atoms with Crippen molar-refractivity contribution in [1.29, 1.82) is 0 Å². The van der Waals surface area contributed by atoms with Crippen molar-refractivity contribution in [2.45, 2.75) is 19.3 Å². The van der Waals surface area contributed by atoms with Crippen LogP contribution in [0.2, 0.25) is 0 Å². The maximum atomic E-state index is 6.69. The minimum Gasteiger partial charge on any atom is -0.455 e. The molecule has 0 aliphatic heterocycles. The summed E-state index contributed by atoms with van der Waals surface area (Å²) in [5.41, 5.74) is 15.0. The van der Waals surface area contributed by atoms with Crippen LogP contribution in [0.1, 0.15) is 25.0 Å². The van der Waals surface area contributed by atoms with Crippen LogP contribution in [0.15, 0.2) is 192 Å². The molecule has 1 aliphatic carbocycles. The molecule has 0 saturated heterocycles. The molecule has 0 radical (unpaired) electrons. The number of fused-ring (bicyclic) bond motifs is 9. The number of anilines is 3. The minimum absolute atomic E-state index is 0.137. The standard InChI is InChI=1S/C53H37NO/c1-53(2)47-25-9-7-21-42(47)43-31-29-38(33-48(43)53)54(37-18-11-17-36(32-37)40-23-12-16-34-14-3-5-19-39(34)40)49-26-10-8-22-44(49)45-24-13-27-50-51(45)46-30-28-35-15-4-6-20-41(35)52(46)55-50/h3-33H,1-2H3. The highest BCUT2D eigenvalue weighted by Gasteiger charge is 2.36. The van der Waals surface area contributed by atoms with Gasteiger partial charge < -0.3 is 9.32 Å². The maximum absolute atomic E-state index is 6.69. The molecule has 0 saturated carbocycles. The van der Waals surface area contributed by atoms with Gasteiger partial charge >= 0.3 is 0 Å². The first-order valence-corrected chi connectivity index (χ1v) is 19.1. The molecule has 2 nitrogen and oxygen atoms in total. The second kappa shape index (κ2) is 12.1. The Morgan fingerprint density at radius 2 is 1.05 bits per heavy atom. The molecule has 2 heteroatoms. The zero-order chi connectivity index (χ0) is 36.7. The predicted octanol–water partition coefficient (Wildman–Crippen LogP) is 15.0. The van der Waals surface area contributed by atoms with E-state index in [0.29, 0.717) is 0 Å². The van der Waals surface area contributed by atoms with Crippen LogP contribution >= 0.6 is 0 Å². The Labute approximate surface area is 320 Å². The molecule has 1 aromatic heterocycles. The van der Waals surface area contributed by atoms with Gasteiger partial charge in [0.15, 0.2) is 0 Å². The molecule has 11 rings (SSSR count). The summed E-state index contributed by atoms with van der Waals surface area (Å²) >= 11 is 0. The first-order valence-electron chi connectivity index (χ1n) is 19.1. The Hall–Kier alpha value is -6.90.